The minimum atomic E-state index is -0.390. The van der Waals surface area contributed by atoms with Crippen LogP contribution in [0.25, 0.3) is 32.9 Å². The number of hydrogen-bond acceptors (Lipinski definition) is 4. The first-order valence-electron chi connectivity index (χ1n) is 8.61. The molecule has 0 saturated heterocycles. The molecule has 136 valence electrons. The van der Waals surface area contributed by atoms with E-state index in [0.29, 0.717) is 17.9 Å². The van der Waals surface area contributed by atoms with Crippen molar-refractivity contribution in [2.75, 3.05) is 13.7 Å². The number of methoxy groups -OCH3 is 1. The lowest BCUT2D eigenvalue weighted by Gasteiger charge is -2.04. The summed E-state index contributed by atoms with van der Waals surface area (Å²) in [5.74, 6) is -0.773. The van der Waals surface area contributed by atoms with Crippen molar-refractivity contribution in [3.63, 3.8) is 0 Å². The Balaban J connectivity index is 1.90. The average Bonchev–Trinajstić information content (AvgIpc) is 3.31. The summed E-state index contributed by atoms with van der Waals surface area (Å²) in [5, 5.41) is 1.81. The number of rotatable bonds is 4. The lowest BCUT2D eigenvalue weighted by molar-refractivity contribution is 0.0519. The molecule has 0 aliphatic heterocycles. The first-order chi connectivity index (χ1) is 13.1. The van der Waals surface area contributed by atoms with Crippen LogP contribution >= 0.6 is 0 Å². The fraction of sp³-hybridized carbons (Fsp3) is 0.143. The van der Waals surface area contributed by atoms with Crippen molar-refractivity contribution < 1.29 is 19.1 Å². The highest BCUT2D eigenvalue weighted by Gasteiger charge is 2.17. The van der Waals surface area contributed by atoms with Crippen LogP contribution in [0.4, 0.5) is 0 Å². The van der Waals surface area contributed by atoms with Crippen molar-refractivity contribution >= 4 is 33.7 Å². The zero-order valence-corrected chi connectivity index (χ0v) is 15.0. The van der Waals surface area contributed by atoms with E-state index in [1.54, 1.807) is 19.1 Å². The maximum absolute atomic E-state index is 12.1. The lowest BCUT2D eigenvalue weighted by atomic mass is 10.00. The molecule has 2 aromatic heterocycles. The fourth-order valence-corrected chi connectivity index (χ4v) is 3.37. The Morgan fingerprint density at radius 2 is 1.81 bits per heavy atom. The van der Waals surface area contributed by atoms with Crippen LogP contribution in [0.15, 0.2) is 48.7 Å². The van der Waals surface area contributed by atoms with Crippen molar-refractivity contribution in [3.8, 4) is 11.1 Å². The Kier molecular flexibility index (Phi) is 4.16. The molecule has 4 aromatic rings. The van der Waals surface area contributed by atoms with Gasteiger partial charge in [0.05, 0.1) is 24.8 Å². The van der Waals surface area contributed by atoms with E-state index >= 15 is 0 Å². The minimum Gasteiger partial charge on any atom is -0.465 e. The third kappa shape index (κ3) is 2.75. The molecular formula is C21H18N2O4. The topological polar surface area (TPSA) is 84.2 Å². The summed E-state index contributed by atoms with van der Waals surface area (Å²) in [6.45, 7) is 2.09. The van der Waals surface area contributed by atoms with E-state index in [1.807, 2.05) is 36.5 Å². The van der Waals surface area contributed by atoms with Crippen LogP contribution in [-0.2, 0) is 9.47 Å². The van der Waals surface area contributed by atoms with Gasteiger partial charge in [0.2, 0.25) is 0 Å². The summed E-state index contributed by atoms with van der Waals surface area (Å²) in [7, 11) is 1.36. The quantitative estimate of drug-likeness (QED) is 0.531. The van der Waals surface area contributed by atoms with Gasteiger partial charge in [-0.2, -0.15) is 0 Å². The van der Waals surface area contributed by atoms with E-state index in [9.17, 15) is 9.59 Å². The second-order valence-corrected chi connectivity index (χ2v) is 6.09. The van der Waals surface area contributed by atoms with Crippen molar-refractivity contribution in [2.24, 2.45) is 0 Å². The number of fused-ring (bicyclic) bond motifs is 2. The number of H-pyrrole nitrogens is 2. The van der Waals surface area contributed by atoms with Gasteiger partial charge in [0.15, 0.2) is 0 Å². The van der Waals surface area contributed by atoms with E-state index < -0.39 is 5.97 Å². The second kappa shape index (κ2) is 6.64. The largest absolute Gasteiger partial charge is 0.465 e. The van der Waals surface area contributed by atoms with E-state index in [0.717, 1.165) is 32.9 Å². The number of hydrogen-bond donors (Lipinski definition) is 2. The van der Waals surface area contributed by atoms with Crippen molar-refractivity contribution in [2.45, 2.75) is 6.92 Å². The predicted molar refractivity (Wildman–Crippen MR) is 103 cm³/mol. The Morgan fingerprint density at radius 3 is 2.59 bits per heavy atom. The average molecular weight is 362 g/mol. The Bertz CT molecular complexity index is 1170. The number of carbonyl (C=O) groups is 2. The highest BCUT2D eigenvalue weighted by molar-refractivity contribution is 6.11. The number of carbonyl (C=O) groups excluding carboxylic acids is 2. The van der Waals surface area contributed by atoms with Gasteiger partial charge >= 0.3 is 11.9 Å². The minimum absolute atomic E-state index is 0.319. The summed E-state index contributed by atoms with van der Waals surface area (Å²) in [5.41, 5.74) is 4.35. The van der Waals surface area contributed by atoms with Crippen LogP contribution in [0, 0.1) is 0 Å². The standard InChI is InChI=1S/C21H18N2O4/c1-3-27-21(25)18-10-15-12(6-5-9-17(15)23-18)16-11-22-19-13(16)7-4-8-14(19)20(24)26-2/h4-11,22-23H,3H2,1-2H3. The first-order valence-corrected chi connectivity index (χ1v) is 8.61. The fourth-order valence-electron chi connectivity index (χ4n) is 3.37. The molecular weight excluding hydrogens is 344 g/mol. The van der Waals surface area contributed by atoms with Gasteiger partial charge < -0.3 is 19.4 Å². The van der Waals surface area contributed by atoms with Crippen LogP contribution < -0.4 is 0 Å². The number of nitrogens with one attached hydrogen (secondary N) is 2. The molecule has 0 bridgehead atoms. The maximum Gasteiger partial charge on any atom is 0.354 e. The summed E-state index contributed by atoms with van der Waals surface area (Å²) in [6.07, 6.45) is 1.86. The molecule has 0 aliphatic carbocycles. The zero-order valence-electron chi connectivity index (χ0n) is 15.0. The molecule has 0 spiro atoms. The maximum atomic E-state index is 12.1. The Labute approximate surface area is 155 Å². The monoisotopic (exact) mass is 362 g/mol. The predicted octanol–water partition coefficient (Wildman–Crippen LogP) is 4.28. The van der Waals surface area contributed by atoms with Gasteiger partial charge in [0, 0.05) is 28.0 Å². The van der Waals surface area contributed by atoms with Gasteiger partial charge in [-0.25, -0.2) is 9.59 Å². The van der Waals surface area contributed by atoms with Gasteiger partial charge in [-0.15, -0.1) is 0 Å². The van der Waals surface area contributed by atoms with Crippen molar-refractivity contribution in [1.29, 1.82) is 0 Å². The van der Waals surface area contributed by atoms with Crippen LogP contribution in [0.3, 0.4) is 0 Å². The number of ether oxygens (including phenoxy) is 2. The molecule has 2 N–H and O–H groups in total. The second-order valence-electron chi connectivity index (χ2n) is 6.09. The van der Waals surface area contributed by atoms with E-state index in [-0.39, 0.29) is 5.97 Å². The van der Waals surface area contributed by atoms with E-state index in [4.69, 9.17) is 9.47 Å². The molecule has 27 heavy (non-hydrogen) atoms. The third-order valence-electron chi connectivity index (χ3n) is 4.57. The molecule has 4 rings (SSSR count). The van der Waals surface area contributed by atoms with Gasteiger partial charge in [-0.05, 0) is 30.7 Å². The molecule has 2 heterocycles. The van der Waals surface area contributed by atoms with Crippen LogP contribution in [0.1, 0.15) is 27.8 Å². The molecule has 0 radical (unpaired) electrons. The SMILES string of the molecule is CCOC(=O)c1cc2c(-c3c[nH]c4c(C(=O)OC)cccc34)cccc2[nH]1. The molecule has 0 aliphatic rings. The highest BCUT2D eigenvalue weighted by atomic mass is 16.5. The number of benzene rings is 2. The molecule has 6 nitrogen and oxygen atoms in total. The molecule has 0 fully saturated rings. The smallest absolute Gasteiger partial charge is 0.354 e. The number of aromatic nitrogens is 2. The highest BCUT2D eigenvalue weighted by Crippen LogP contribution is 2.35. The summed E-state index contributed by atoms with van der Waals surface area (Å²) < 4.78 is 9.95. The molecule has 0 unspecified atom stereocenters. The molecule has 0 saturated carbocycles. The van der Waals surface area contributed by atoms with Crippen LogP contribution in [-0.4, -0.2) is 35.6 Å². The zero-order chi connectivity index (χ0) is 19.0. The van der Waals surface area contributed by atoms with Crippen molar-refractivity contribution in [1.82, 2.24) is 9.97 Å². The normalized spacial score (nSPS) is 11.0. The van der Waals surface area contributed by atoms with E-state index in [1.165, 1.54) is 7.11 Å². The summed E-state index contributed by atoms with van der Waals surface area (Å²) >= 11 is 0. The van der Waals surface area contributed by atoms with Crippen LogP contribution in [0.2, 0.25) is 0 Å². The molecule has 0 atom stereocenters. The van der Waals surface area contributed by atoms with Gasteiger partial charge in [0.1, 0.15) is 5.69 Å². The third-order valence-corrected chi connectivity index (χ3v) is 4.57. The first kappa shape index (κ1) is 16.9. The molecule has 2 aromatic carbocycles. The Hall–Kier alpha value is -3.54. The summed E-state index contributed by atoms with van der Waals surface area (Å²) in [6, 6.07) is 13.1. The molecule has 0 amide bonds. The van der Waals surface area contributed by atoms with Crippen molar-refractivity contribution in [3.05, 3.63) is 59.9 Å². The lowest BCUT2D eigenvalue weighted by Crippen LogP contribution is -2.04. The van der Waals surface area contributed by atoms with Gasteiger partial charge in [0.25, 0.3) is 0 Å². The van der Waals surface area contributed by atoms with Gasteiger partial charge in [-0.3, -0.25) is 0 Å². The summed E-state index contributed by atoms with van der Waals surface area (Å²) in [4.78, 5) is 30.4. The van der Waals surface area contributed by atoms with Crippen LogP contribution in [0.5, 0.6) is 0 Å². The number of aromatic amines is 2. The number of para-hydroxylation sites is 1. The molecule has 6 heteroatoms. The Morgan fingerprint density at radius 1 is 1.00 bits per heavy atom. The van der Waals surface area contributed by atoms with Gasteiger partial charge in [-0.1, -0.05) is 24.3 Å². The number of esters is 2. The van der Waals surface area contributed by atoms with E-state index in [2.05, 4.69) is 9.97 Å².